The number of nitrogens with zero attached hydrogens (tertiary/aromatic N) is 2. The van der Waals surface area contributed by atoms with Gasteiger partial charge in [-0.3, -0.25) is 4.98 Å². The Labute approximate surface area is 143 Å². The molecule has 0 aliphatic rings. The molecule has 0 unspecified atom stereocenters. The molecular formula is C16H10BrF3N2S. The number of hydrogen-bond donors (Lipinski definition) is 0. The van der Waals surface area contributed by atoms with E-state index < -0.39 is 11.7 Å². The summed E-state index contributed by atoms with van der Waals surface area (Å²) >= 11 is 4.78. The van der Waals surface area contributed by atoms with Gasteiger partial charge in [0.1, 0.15) is 0 Å². The molecule has 118 valence electrons. The van der Waals surface area contributed by atoms with Crippen LogP contribution in [0.15, 0.2) is 52.6 Å². The summed E-state index contributed by atoms with van der Waals surface area (Å²) in [5, 5.41) is 2.64. The molecule has 0 spiro atoms. The van der Waals surface area contributed by atoms with Crippen molar-refractivity contribution in [2.75, 3.05) is 0 Å². The number of alkyl halides is 3. The van der Waals surface area contributed by atoms with Crippen molar-refractivity contribution < 1.29 is 13.2 Å². The van der Waals surface area contributed by atoms with Gasteiger partial charge >= 0.3 is 6.18 Å². The smallest absolute Gasteiger partial charge is 0.263 e. The maximum absolute atomic E-state index is 12.7. The molecule has 0 saturated heterocycles. The Balaban J connectivity index is 1.82. The highest BCUT2D eigenvalue weighted by molar-refractivity contribution is 9.10. The van der Waals surface area contributed by atoms with Crippen molar-refractivity contribution in [2.45, 2.75) is 12.6 Å². The number of thiazole rings is 1. The number of rotatable bonds is 3. The topological polar surface area (TPSA) is 25.8 Å². The van der Waals surface area contributed by atoms with Gasteiger partial charge in [-0.1, -0.05) is 18.2 Å². The second kappa shape index (κ2) is 6.41. The van der Waals surface area contributed by atoms with E-state index in [4.69, 9.17) is 0 Å². The second-order valence-electron chi connectivity index (χ2n) is 4.89. The number of aromatic nitrogens is 2. The summed E-state index contributed by atoms with van der Waals surface area (Å²) in [6.07, 6.45) is -0.574. The van der Waals surface area contributed by atoms with Crippen molar-refractivity contribution in [3.63, 3.8) is 0 Å². The van der Waals surface area contributed by atoms with Gasteiger partial charge in [0, 0.05) is 34.2 Å². The van der Waals surface area contributed by atoms with E-state index in [0.717, 1.165) is 26.8 Å². The van der Waals surface area contributed by atoms with Gasteiger partial charge < -0.3 is 0 Å². The molecule has 0 bridgehead atoms. The fourth-order valence-corrected chi connectivity index (χ4v) is 3.31. The highest BCUT2D eigenvalue weighted by Gasteiger charge is 2.30. The van der Waals surface area contributed by atoms with E-state index in [1.165, 1.54) is 23.5 Å². The molecule has 0 radical (unpaired) electrons. The number of benzene rings is 1. The van der Waals surface area contributed by atoms with Crippen LogP contribution in [0.2, 0.25) is 0 Å². The maximum atomic E-state index is 12.7. The Bertz CT molecular complexity index is 830. The third-order valence-corrected chi connectivity index (χ3v) is 4.44. The highest BCUT2D eigenvalue weighted by Crippen LogP contribution is 2.30. The molecule has 0 N–H and O–H groups in total. The third kappa shape index (κ3) is 3.97. The van der Waals surface area contributed by atoms with E-state index in [-0.39, 0.29) is 0 Å². The van der Waals surface area contributed by atoms with Crippen LogP contribution in [0.1, 0.15) is 16.1 Å². The van der Waals surface area contributed by atoms with Crippen molar-refractivity contribution in [2.24, 2.45) is 0 Å². The van der Waals surface area contributed by atoms with Crippen molar-refractivity contribution in [1.29, 1.82) is 0 Å². The van der Waals surface area contributed by atoms with Gasteiger partial charge in [-0.2, -0.15) is 13.2 Å². The normalized spacial score (nSPS) is 11.7. The highest BCUT2D eigenvalue weighted by atomic mass is 79.9. The largest absolute Gasteiger partial charge is 0.416 e. The lowest BCUT2D eigenvalue weighted by Crippen LogP contribution is -2.05. The molecule has 0 amide bonds. The van der Waals surface area contributed by atoms with Crippen LogP contribution in [-0.2, 0) is 12.6 Å². The van der Waals surface area contributed by atoms with Gasteiger partial charge in [0.2, 0.25) is 0 Å². The minimum atomic E-state index is -4.33. The first kappa shape index (κ1) is 16.1. The van der Waals surface area contributed by atoms with Crippen LogP contribution >= 0.6 is 27.3 Å². The van der Waals surface area contributed by atoms with Gasteiger partial charge in [0.05, 0.1) is 16.3 Å². The molecule has 3 aromatic rings. The van der Waals surface area contributed by atoms with Gasteiger partial charge in [-0.05, 0) is 33.6 Å². The predicted molar refractivity (Wildman–Crippen MR) is 87.3 cm³/mol. The summed E-state index contributed by atoms with van der Waals surface area (Å²) in [5.41, 5.74) is 1.59. The van der Waals surface area contributed by atoms with Gasteiger partial charge in [0.15, 0.2) is 0 Å². The zero-order valence-corrected chi connectivity index (χ0v) is 14.0. The minimum Gasteiger partial charge on any atom is -0.263 e. The van der Waals surface area contributed by atoms with Gasteiger partial charge in [-0.15, -0.1) is 11.3 Å². The lowest BCUT2D eigenvalue weighted by Gasteiger charge is -2.07. The third-order valence-electron chi connectivity index (χ3n) is 3.16. The molecule has 2 aromatic heterocycles. The molecule has 0 atom stereocenters. The Morgan fingerprint density at radius 1 is 1.13 bits per heavy atom. The number of halogens is 4. The van der Waals surface area contributed by atoms with E-state index in [0.29, 0.717) is 12.0 Å². The van der Waals surface area contributed by atoms with E-state index in [1.54, 1.807) is 18.5 Å². The maximum Gasteiger partial charge on any atom is 0.416 e. The van der Waals surface area contributed by atoms with Crippen LogP contribution < -0.4 is 0 Å². The molecule has 0 aliphatic carbocycles. The SMILES string of the molecule is FC(F)(F)c1cccc(Cc2nc(-c3cncc(Br)c3)cs2)c1. The molecule has 23 heavy (non-hydrogen) atoms. The summed E-state index contributed by atoms with van der Waals surface area (Å²) in [6, 6.07) is 7.24. The molecule has 0 fully saturated rings. The number of hydrogen-bond acceptors (Lipinski definition) is 3. The van der Waals surface area contributed by atoms with Crippen molar-refractivity contribution in [1.82, 2.24) is 9.97 Å². The molecule has 2 nitrogen and oxygen atoms in total. The molecule has 0 saturated carbocycles. The summed E-state index contributed by atoms with van der Waals surface area (Å²) in [6.45, 7) is 0. The molecule has 2 heterocycles. The predicted octanol–water partition coefficient (Wildman–Crippen LogP) is 5.58. The first-order valence-electron chi connectivity index (χ1n) is 6.63. The first-order valence-corrected chi connectivity index (χ1v) is 8.30. The van der Waals surface area contributed by atoms with E-state index in [9.17, 15) is 13.2 Å². The Morgan fingerprint density at radius 3 is 2.70 bits per heavy atom. The van der Waals surface area contributed by atoms with E-state index in [2.05, 4.69) is 25.9 Å². The Kier molecular flexibility index (Phi) is 4.50. The van der Waals surface area contributed by atoms with E-state index >= 15 is 0 Å². The monoisotopic (exact) mass is 398 g/mol. The van der Waals surface area contributed by atoms with Crippen LogP contribution in [0.5, 0.6) is 0 Å². The molecule has 1 aromatic carbocycles. The van der Waals surface area contributed by atoms with E-state index in [1.807, 2.05) is 11.4 Å². The first-order chi connectivity index (χ1) is 10.9. The van der Waals surface area contributed by atoms with Crippen LogP contribution in [0.25, 0.3) is 11.3 Å². The van der Waals surface area contributed by atoms with Gasteiger partial charge in [0.25, 0.3) is 0 Å². The lowest BCUT2D eigenvalue weighted by molar-refractivity contribution is -0.137. The fourth-order valence-electron chi connectivity index (χ4n) is 2.11. The van der Waals surface area contributed by atoms with Crippen LogP contribution in [0.3, 0.4) is 0 Å². The zero-order valence-electron chi connectivity index (χ0n) is 11.6. The second-order valence-corrected chi connectivity index (χ2v) is 6.75. The summed E-state index contributed by atoms with van der Waals surface area (Å²) in [4.78, 5) is 8.57. The van der Waals surface area contributed by atoms with Crippen LogP contribution in [0, 0.1) is 0 Å². The standard InChI is InChI=1S/C16H10BrF3N2S/c17-13-6-11(7-21-8-13)14-9-23-15(22-14)5-10-2-1-3-12(4-10)16(18,19)20/h1-4,6-9H,5H2. The lowest BCUT2D eigenvalue weighted by atomic mass is 10.1. The summed E-state index contributed by atoms with van der Waals surface area (Å²) in [5.74, 6) is 0. The summed E-state index contributed by atoms with van der Waals surface area (Å²) in [7, 11) is 0. The van der Waals surface area contributed by atoms with Crippen molar-refractivity contribution >= 4 is 27.3 Å². The molecule has 3 rings (SSSR count). The van der Waals surface area contributed by atoms with Gasteiger partial charge in [-0.25, -0.2) is 4.98 Å². The summed E-state index contributed by atoms with van der Waals surface area (Å²) < 4.78 is 39.1. The average Bonchev–Trinajstić information content (AvgIpc) is 2.95. The fraction of sp³-hybridized carbons (Fsp3) is 0.125. The minimum absolute atomic E-state index is 0.371. The quantitative estimate of drug-likeness (QED) is 0.575. The Morgan fingerprint density at radius 2 is 1.96 bits per heavy atom. The van der Waals surface area contributed by atoms with Crippen molar-refractivity contribution in [3.8, 4) is 11.3 Å². The molecule has 7 heteroatoms. The van der Waals surface area contributed by atoms with Crippen LogP contribution in [-0.4, -0.2) is 9.97 Å². The van der Waals surface area contributed by atoms with Crippen LogP contribution in [0.4, 0.5) is 13.2 Å². The average molecular weight is 399 g/mol. The molecular weight excluding hydrogens is 389 g/mol. The Hall–Kier alpha value is -1.73. The zero-order chi connectivity index (χ0) is 16.4. The van der Waals surface area contributed by atoms with Crippen molar-refractivity contribution in [3.05, 3.63) is 68.7 Å². The molecule has 0 aliphatic heterocycles. The number of pyridine rings is 1.